The van der Waals surface area contributed by atoms with Gasteiger partial charge < -0.3 is 10.6 Å². The van der Waals surface area contributed by atoms with Crippen molar-refractivity contribution in [2.24, 2.45) is 10.7 Å². The van der Waals surface area contributed by atoms with Crippen molar-refractivity contribution in [3.8, 4) is 11.1 Å². The maximum absolute atomic E-state index is 13.3. The summed E-state index contributed by atoms with van der Waals surface area (Å²) in [5, 5.41) is 3.46. The van der Waals surface area contributed by atoms with Crippen LogP contribution in [0.3, 0.4) is 0 Å². The van der Waals surface area contributed by atoms with Crippen LogP contribution in [0, 0.1) is 0 Å². The summed E-state index contributed by atoms with van der Waals surface area (Å²) in [5.41, 5.74) is 7.74. The molecule has 3 heterocycles. The molecule has 2 aliphatic rings. The maximum atomic E-state index is 13.3. The number of benzene rings is 2. The molecule has 0 amide bonds. The van der Waals surface area contributed by atoms with Crippen molar-refractivity contribution in [2.45, 2.75) is 30.5 Å². The molecule has 3 N–H and O–H groups in total. The minimum Gasteiger partial charge on any atom is -0.344 e. The predicted molar refractivity (Wildman–Crippen MR) is 117 cm³/mol. The number of nitrogens with two attached hydrogens (primary N) is 1. The van der Waals surface area contributed by atoms with Gasteiger partial charge in [0, 0.05) is 18.9 Å². The highest BCUT2D eigenvalue weighted by molar-refractivity contribution is 5.69. The zero-order valence-corrected chi connectivity index (χ0v) is 17.1. The van der Waals surface area contributed by atoms with E-state index in [1.165, 1.54) is 12.1 Å². The van der Waals surface area contributed by atoms with Crippen LogP contribution in [0.1, 0.15) is 23.1 Å². The first-order valence-electron chi connectivity index (χ1n) is 10.4. The number of fused-ring (bicyclic) bond motifs is 1. The third kappa shape index (κ3) is 3.45. The Balaban J connectivity index is 1.64. The average Bonchev–Trinajstić information content (AvgIpc) is 3.19. The molecule has 3 aromatic rings. The Labute approximate surface area is 183 Å². The van der Waals surface area contributed by atoms with Gasteiger partial charge in [0.05, 0.1) is 18.1 Å². The summed E-state index contributed by atoms with van der Waals surface area (Å²) >= 11 is 0. The molecule has 32 heavy (non-hydrogen) atoms. The molecule has 5 rings (SSSR count). The largest absolute Gasteiger partial charge is 0.416 e. The van der Waals surface area contributed by atoms with Gasteiger partial charge in [0.25, 0.3) is 0 Å². The van der Waals surface area contributed by atoms with Crippen LogP contribution in [0.4, 0.5) is 13.2 Å². The molecule has 0 aliphatic carbocycles. The van der Waals surface area contributed by atoms with Gasteiger partial charge in [0.2, 0.25) is 0 Å². The lowest BCUT2D eigenvalue weighted by Gasteiger charge is -2.43. The first kappa shape index (κ1) is 20.7. The maximum Gasteiger partial charge on any atom is 0.416 e. The number of aromatic nitrogens is 1. The number of alkyl halides is 3. The molecule has 1 aromatic heterocycles. The van der Waals surface area contributed by atoms with Crippen LogP contribution in [0.5, 0.6) is 0 Å². The smallest absolute Gasteiger partial charge is 0.344 e. The van der Waals surface area contributed by atoms with E-state index in [2.05, 4.69) is 15.2 Å². The third-order valence-electron chi connectivity index (χ3n) is 6.15. The molecule has 2 aliphatic heterocycles. The normalized spacial score (nSPS) is 25.1. The van der Waals surface area contributed by atoms with E-state index in [0.29, 0.717) is 11.1 Å². The van der Waals surface area contributed by atoms with Crippen molar-refractivity contribution in [3.63, 3.8) is 0 Å². The summed E-state index contributed by atoms with van der Waals surface area (Å²) < 4.78 is 39.8. The quantitative estimate of drug-likeness (QED) is 0.651. The third-order valence-corrected chi connectivity index (χ3v) is 6.15. The second kappa shape index (κ2) is 7.72. The summed E-state index contributed by atoms with van der Waals surface area (Å²) in [6, 6.07) is 16.8. The van der Waals surface area contributed by atoms with Gasteiger partial charge in [-0.2, -0.15) is 13.2 Å². The topological polar surface area (TPSA) is 66.5 Å². The van der Waals surface area contributed by atoms with Crippen molar-refractivity contribution < 1.29 is 13.2 Å². The summed E-state index contributed by atoms with van der Waals surface area (Å²) in [4.78, 5) is 11.2. The van der Waals surface area contributed by atoms with Crippen molar-refractivity contribution in [1.29, 1.82) is 0 Å². The SMILES string of the molecule is NC1CCN2C=NC(c3ccncc3)(c3cccc(-c4cccc(C(F)(F)F)c4)c3)C2N1. The minimum atomic E-state index is -4.40. The number of pyridine rings is 1. The minimum absolute atomic E-state index is 0.175. The van der Waals surface area contributed by atoms with E-state index in [4.69, 9.17) is 10.7 Å². The molecule has 164 valence electrons. The van der Waals surface area contributed by atoms with Gasteiger partial charge in [-0.3, -0.25) is 15.3 Å². The van der Waals surface area contributed by atoms with Crippen LogP contribution in [0.15, 0.2) is 78.0 Å². The van der Waals surface area contributed by atoms with E-state index in [1.54, 1.807) is 18.5 Å². The fourth-order valence-corrected chi connectivity index (χ4v) is 4.57. The molecule has 5 nitrogen and oxygen atoms in total. The molecule has 0 spiro atoms. The van der Waals surface area contributed by atoms with Gasteiger partial charge in [0.15, 0.2) is 0 Å². The van der Waals surface area contributed by atoms with Crippen molar-refractivity contribution in [1.82, 2.24) is 15.2 Å². The molecule has 0 radical (unpaired) electrons. The highest BCUT2D eigenvalue weighted by Crippen LogP contribution is 2.43. The van der Waals surface area contributed by atoms with Crippen LogP contribution < -0.4 is 11.1 Å². The van der Waals surface area contributed by atoms with E-state index >= 15 is 0 Å². The molecule has 1 fully saturated rings. The van der Waals surface area contributed by atoms with Crippen molar-refractivity contribution in [2.75, 3.05) is 6.54 Å². The Morgan fingerprint density at radius 2 is 1.69 bits per heavy atom. The fourth-order valence-electron chi connectivity index (χ4n) is 4.57. The number of rotatable bonds is 3. The van der Waals surface area contributed by atoms with Crippen LogP contribution in [-0.2, 0) is 11.7 Å². The molecular formula is C24H22F3N5. The van der Waals surface area contributed by atoms with E-state index in [1.807, 2.05) is 42.7 Å². The second-order valence-electron chi connectivity index (χ2n) is 8.11. The van der Waals surface area contributed by atoms with Gasteiger partial charge in [-0.05, 0) is 59.0 Å². The van der Waals surface area contributed by atoms with Gasteiger partial charge in [-0.1, -0.05) is 30.3 Å². The molecule has 2 aromatic carbocycles. The lowest BCUT2D eigenvalue weighted by atomic mass is 9.79. The number of hydrogen-bond acceptors (Lipinski definition) is 5. The van der Waals surface area contributed by atoms with Crippen LogP contribution in [-0.4, -0.2) is 35.1 Å². The fraction of sp³-hybridized carbons (Fsp3) is 0.250. The van der Waals surface area contributed by atoms with Gasteiger partial charge in [0.1, 0.15) is 11.7 Å². The number of nitrogens with zero attached hydrogens (tertiary/aromatic N) is 3. The molecular weight excluding hydrogens is 415 g/mol. The number of halogens is 3. The summed E-state index contributed by atoms with van der Waals surface area (Å²) in [6.07, 6.45) is 1.27. The van der Waals surface area contributed by atoms with Gasteiger partial charge >= 0.3 is 6.18 Å². The summed E-state index contributed by atoms with van der Waals surface area (Å²) in [5.74, 6) is 0. The number of aliphatic imine (C=N–C) groups is 1. The zero-order valence-electron chi connectivity index (χ0n) is 17.1. The Kier molecular flexibility index (Phi) is 4.98. The molecule has 1 saturated heterocycles. The van der Waals surface area contributed by atoms with Crippen molar-refractivity contribution >= 4 is 6.34 Å². The first-order chi connectivity index (χ1) is 15.4. The van der Waals surface area contributed by atoms with Crippen LogP contribution >= 0.6 is 0 Å². The standard InChI is InChI=1S/C24H22F3N5/c25-24(26,27)20-6-2-4-17(14-20)16-3-1-5-19(13-16)23(18-7-10-29-11-8-18)22-31-21(28)9-12-32(22)15-30-23/h1-8,10-11,13-15,21-22,31H,9,12,28H2. The number of hydrogen-bond donors (Lipinski definition) is 2. The van der Waals surface area contributed by atoms with Crippen LogP contribution in [0.2, 0.25) is 0 Å². The second-order valence-corrected chi connectivity index (χ2v) is 8.11. The van der Waals surface area contributed by atoms with Gasteiger partial charge in [-0.15, -0.1) is 0 Å². The average molecular weight is 437 g/mol. The predicted octanol–water partition coefficient (Wildman–Crippen LogP) is 3.96. The van der Waals surface area contributed by atoms with E-state index in [0.717, 1.165) is 30.2 Å². The van der Waals surface area contributed by atoms with E-state index < -0.39 is 17.3 Å². The molecule has 8 heteroatoms. The molecule has 3 atom stereocenters. The van der Waals surface area contributed by atoms with Gasteiger partial charge in [-0.25, -0.2) is 0 Å². The Morgan fingerprint density at radius 3 is 2.44 bits per heavy atom. The zero-order chi connectivity index (χ0) is 22.3. The number of nitrogens with one attached hydrogen (secondary N) is 1. The Hall–Kier alpha value is -3.23. The Bertz CT molecular complexity index is 1150. The Morgan fingerprint density at radius 1 is 0.969 bits per heavy atom. The lowest BCUT2D eigenvalue weighted by Crippen LogP contribution is -2.63. The van der Waals surface area contributed by atoms with E-state index in [-0.39, 0.29) is 12.3 Å². The lowest BCUT2D eigenvalue weighted by molar-refractivity contribution is -0.137. The van der Waals surface area contributed by atoms with Crippen LogP contribution in [0.25, 0.3) is 11.1 Å². The first-order valence-corrected chi connectivity index (χ1v) is 10.4. The molecule has 0 saturated carbocycles. The monoisotopic (exact) mass is 437 g/mol. The van der Waals surface area contributed by atoms with Crippen molar-refractivity contribution in [3.05, 3.63) is 89.7 Å². The molecule has 3 unspecified atom stereocenters. The summed E-state index contributed by atoms with van der Waals surface area (Å²) in [6.45, 7) is 0.766. The van der Waals surface area contributed by atoms with E-state index in [9.17, 15) is 13.2 Å². The molecule has 0 bridgehead atoms. The summed E-state index contributed by atoms with van der Waals surface area (Å²) in [7, 11) is 0. The highest BCUT2D eigenvalue weighted by Gasteiger charge is 2.50. The highest BCUT2D eigenvalue weighted by atomic mass is 19.4.